The van der Waals surface area contributed by atoms with Crippen LogP contribution in [0.2, 0.25) is 0 Å². The van der Waals surface area contributed by atoms with Gasteiger partial charge in [-0.2, -0.15) is 13.2 Å². The summed E-state index contributed by atoms with van der Waals surface area (Å²) in [5.41, 5.74) is 2.33. The van der Waals surface area contributed by atoms with Crippen molar-refractivity contribution in [2.75, 3.05) is 18.5 Å². The zero-order valence-electron chi connectivity index (χ0n) is 11.0. The molecular weight excluding hydrogens is 301 g/mol. The molecule has 0 saturated heterocycles. The van der Waals surface area contributed by atoms with Crippen molar-refractivity contribution in [1.82, 2.24) is 4.98 Å². The maximum absolute atomic E-state index is 12.4. The Morgan fingerprint density at radius 1 is 1.33 bits per heavy atom. The van der Waals surface area contributed by atoms with Gasteiger partial charge in [-0.3, -0.25) is 0 Å². The van der Waals surface area contributed by atoms with Gasteiger partial charge < -0.3 is 10.1 Å². The lowest BCUT2D eigenvalue weighted by Crippen LogP contribution is -2.04. The minimum atomic E-state index is -4.32. The average molecular weight is 314 g/mol. The fraction of sp³-hybridized carbons (Fsp3) is 0.357. The molecule has 2 aromatic rings. The van der Waals surface area contributed by atoms with Crippen molar-refractivity contribution in [2.45, 2.75) is 19.0 Å². The van der Waals surface area contributed by atoms with Crippen LogP contribution in [0.25, 0.3) is 0 Å². The second-order valence-electron chi connectivity index (χ2n) is 4.74. The molecule has 7 heteroatoms. The number of fused-ring (bicyclic) bond motifs is 1. The third kappa shape index (κ3) is 3.29. The molecule has 0 aliphatic carbocycles. The lowest BCUT2D eigenvalue weighted by molar-refractivity contribution is -0.134. The molecule has 3 rings (SSSR count). The number of nitrogens with zero attached hydrogens (tertiary/aromatic N) is 1. The first-order chi connectivity index (χ1) is 10.0. The first-order valence-electron chi connectivity index (χ1n) is 6.54. The molecule has 2 heterocycles. The van der Waals surface area contributed by atoms with Gasteiger partial charge in [0.25, 0.3) is 0 Å². The summed E-state index contributed by atoms with van der Waals surface area (Å²) in [7, 11) is 0. The zero-order valence-corrected chi connectivity index (χ0v) is 11.9. The van der Waals surface area contributed by atoms with Crippen LogP contribution >= 0.6 is 11.3 Å². The lowest BCUT2D eigenvalue weighted by Gasteiger charge is -2.05. The number of thiazole rings is 1. The highest BCUT2D eigenvalue weighted by Crippen LogP contribution is 2.35. The molecule has 0 amide bonds. The molecular formula is C14H13F3N2OS. The largest absolute Gasteiger partial charge is 0.493 e. The van der Waals surface area contributed by atoms with Gasteiger partial charge in [-0.05, 0) is 23.6 Å². The number of halogens is 3. The van der Waals surface area contributed by atoms with E-state index in [4.69, 9.17) is 4.74 Å². The number of anilines is 1. The molecule has 3 nitrogen and oxygen atoms in total. The molecule has 1 aromatic heterocycles. The highest BCUT2D eigenvalue weighted by molar-refractivity contribution is 7.15. The number of hydrogen-bond acceptors (Lipinski definition) is 4. The van der Waals surface area contributed by atoms with Crippen molar-refractivity contribution in [3.05, 3.63) is 40.4 Å². The van der Waals surface area contributed by atoms with Gasteiger partial charge in [0, 0.05) is 13.0 Å². The fourth-order valence-electron chi connectivity index (χ4n) is 2.20. The van der Waals surface area contributed by atoms with Crippen molar-refractivity contribution < 1.29 is 17.9 Å². The SMILES string of the molecule is FC(F)(F)c1cnc(NCCc2ccc3c(c2)CCO3)s1. The molecule has 0 unspecified atom stereocenters. The number of rotatable bonds is 4. The van der Waals surface area contributed by atoms with E-state index >= 15 is 0 Å². The second-order valence-corrected chi connectivity index (χ2v) is 5.78. The molecule has 1 aliphatic rings. The first-order valence-corrected chi connectivity index (χ1v) is 7.35. The molecule has 0 atom stereocenters. The normalized spacial score (nSPS) is 13.9. The molecule has 0 bridgehead atoms. The molecule has 0 radical (unpaired) electrons. The van der Waals surface area contributed by atoms with Crippen LogP contribution in [-0.2, 0) is 19.0 Å². The van der Waals surface area contributed by atoms with Crippen molar-refractivity contribution >= 4 is 16.5 Å². The van der Waals surface area contributed by atoms with Crippen molar-refractivity contribution in [2.24, 2.45) is 0 Å². The number of benzene rings is 1. The molecule has 21 heavy (non-hydrogen) atoms. The monoisotopic (exact) mass is 314 g/mol. The molecule has 0 fully saturated rings. The topological polar surface area (TPSA) is 34.2 Å². The van der Waals surface area contributed by atoms with Crippen LogP contribution in [-0.4, -0.2) is 18.1 Å². The van der Waals surface area contributed by atoms with E-state index in [2.05, 4.69) is 16.4 Å². The standard InChI is InChI=1S/C14H13F3N2OS/c15-14(16,17)12-8-19-13(21-12)18-5-3-9-1-2-11-10(7-9)4-6-20-11/h1-2,7-8H,3-6H2,(H,18,19). The summed E-state index contributed by atoms with van der Waals surface area (Å²) in [6.07, 6.45) is -1.82. The third-order valence-corrected chi connectivity index (χ3v) is 4.23. The Labute approximate surface area is 123 Å². The van der Waals surface area contributed by atoms with Gasteiger partial charge in [-0.1, -0.05) is 23.5 Å². The van der Waals surface area contributed by atoms with Gasteiger partial charge in [0.1, 0.15) is 10.6 Å². The van der Waals surface area contributed by atoms with E-state index in [0.29, 0.717) is 23.0 Å². The number of nitrogens with one attached hydrogen (secondary N) is 1. The van der Waals surface area contributed by atoms with Crippen LogP contribution in [0.4, 0.5) is 18.3 Å². The Balaban J connectivity index is 1.55. The number of hydrogen-bond donors (Lipinski definition) is 1. The summed E-state index contributed by atoms with van der Waals surface area (Å²) in [5, 5.41) is 3.23. The summed E-state index contributed by atoms with van der Waals surface area (Å²) in [4.78, 5) is 3.06. The number of alkyl halides is 3. The predicted molar refractivity (Wildman–Crippen MR) is 75.0 cm³/mol. The van der Waals surface area contributed by atoms with Gasteiger partial charge >= 0.3 is 6.18 Å². The van der Waals surface area contributed by atoms with Gasteiger partial charge in [-0.15, -0.1) is 0 Å². The lowest BCUT2D eigenvalue weighted by atomic mass is 10.1. The van der Waals surface area contributed by atoms with Crippen LogP contribution in [0, 0.1) is 0 Å². The summed E-state index contributed by atoms with van der Waals surface area (Å²) >= 11 is 0.628. The maximum atomic E-state index is 12.4. The molecule has 112 valence electrons. The number of ether oxygens (including phenoxy) is 1. The minimum absolute atomic E-state index is 0.298. The maximum Gasteiger partial charge on any atom is 0.427 e. The van der Waals surface area contributed by atoms with Crippen LogP contribution in [0.3, 0.4) is 0 Å². The first kappa shape index (κ1) is 14.2. The molecule has 1 aliphatic heterocycles. The van der Waals surface area contributed by atoms with E-state index < -0.39 is 11.1 Å². The van der Waals surface area contributed by atoms with Gasteiger partial charge in [0.05, 0.1) is 12.8 Å². The van der Waals surface area contributed by atoms with Crippen molar-refractivity contribution in [3.63, 3.8) is 0 Å². The third-order valence-electron chi connectivity index (χ3n) is 3.23. The highest BCUT2D eigenvalue weighted by atomic mass is 32.1. The summed E-state index contributed by atoms with van der Waals surface area (Å²) in [6.45, 7) is 1.26. The smallest absolute Gasteiger partial charge is 0.427 e. The summed E-state index contributed by atoms with van der Waals surface area (Å²) in [6, 6.07) is 6.02. The minimum Gasteiger partial charge on any atom is -0.493 e. The molecule has 0 saturated carbocycles. The second kappa shape index (κ2) is 5.55. The number of aromatic nitrogens is 1. The van der Waals surface area contributed by atoms with E-state index in [1.165, 1.54) is 5.56 Å². The van der Waals surface area contributed by atoms with E-state index in [9.17, 15) is 13.2 Å². The zero-order chi connectivity index (χ0) is 14.9. The molecule has 1 N–H and O–H groups in total. The Bertz CT molecular complexity index is 639. The van der Waals surface area contributed by atoms with Gasteiger partial charge in [0.2, 0.25) is 0 Å². The average Bonchev–Trinajstić information content (AvgIpc) is 3.05. The fourth-order valence-corrected chi connectivity index (χ4v) is 2.91. The Morgan fingerprint density at radius 3 is 2.95 bits per heavy atom. The van der Waals surface area contributed by atoms with Crippen LogP contribution < -0.4 is 10.1 Å². The Kier molecular flexibility index (Phi) is 3.75. The summed E-state index contributed by atoms with van der Waals surface area (Å²) in [5.74, 6) is 0.932. The van der Waals surface area contributed by atoms with Gasteiger partial charge in [0.15, 0.2) is 5.13 Å². The van der Waals surface area contributed by atoms with Crippen LogP contribution in [0.5, 0.6) is 5.75 Å². The van der Waals surface area contributed by atoms with E-state index in [1.807, 2.05) is 12.1 Å². The van der Waals surface area contributed by atoms with Crippen molar-refractivity contribution in [1.29, 1.82) is 0 Å². The predicted octanol–water partition coefficient (Wildman–Crippen LogP) is 3.75. The van der Waals surface area contributed by atoms with Gasteiger partial charge in [-0.25, -0.2) is 4.98 Å². The Hall–Kier alpha value is -1.76. The quantitative estimate of drug-likeness (QED) is 0.933. The van der Waals surface area contributed by atoms with E-state index in [1.54, 1.807) is 0 Å². The van der Waals surface area contributed by atoms with E-state index in [0.717, 1.165) is 37.0 Å². The summed E-state index contributed by atoms with van der Waals surface area (Å²) < 4.78 is 42.8. The molecule has 1 aromatic carbocycles. The highest BCUT2D eigenvalue weighted by Gasteiger charge is 2.33. The van der Waals surface area contributed by atoms with E-state index in [-0.39, 0.29) is 0 Å². The Morgan fingerprint density at radius 2 is 2.19 bits per heavy atom. The van der Waals surface area contributed by atoms with Crippen LogP contribution in [0.1, 0.15) is 16.0 Å². The van der Waals surface area contributed by atoms with Crippen LogP contribution in [0.15, 0.2) is 24.4 Å². The van der Waals surface area contributed by atoms with Crippen molar-refractivity contribution in [3.8, 4) is 5.75 Å². The molecule has 0 spiro atoms.